The Morgan fingerprint density at radius 3 is 2.05 bits per heavy atom. The summed E-state index contributed by atoms with van der Waals surface area (Å²) in [7, 11) is 0. The number of hydrogen-bond donors (Lipinski definition) is 0. The van der Waals surface area contributed by atoms with Crippen molar-refractivity contribution in [1.29, 1.82) is 0 Å². The third kappa shape index (κ3) is 5.33. The Morgan fingerprint density at radius 2 is 1.25 bits per heavy atom. The van der Waals surface area contributed by atoms with Gasteiger partial charge in [-0.15, -0.1) is 0 Å². The van der Waals surface area contributed by atoms with Gasteiger partial charge in [-0.2, -0.15) is 0 Å². The standard InChI is InChI=1S/C54H51N/c1-54(2)50-21-11-20-47(43-19-10-15-38-14-6-7-16-42(38)43)53(50)48-29-28-41(34-51(48)54)55(40-26-24-37(25-27-40)36-12-4-3-5-13-36)52-31-30-45(44-17-8-9-18-46(44)52)49-33-35-22-23-39(49)32-35/h6-11,14-21,24-31,34-36,39,49H,3-5,12-13,22-23,32-33H2,1-2H3. The summed E-state index contributed by atoms with van der Waals surface area (Å²) in [5, 5.41) is 5.40. The molecule has 1 nitrogen and oxygen atoms in total. The Balaban J connectivity index is 1.08. The molecule has 4 aliphatic rings. The lowest BCUT2D eigenvalue weighted by Crippen LogP contribution is -2.17. The monoisotopic (exact) mass is 713 g/mol. The number of nitrogens with zero attached hydrogens (tertiary/aromatic N) is 1. The van der Waals surface area contributed by atoms with Crippen LogP contribution in [0.1, 0.15) is 106 Å². The van der Waals surface area contributed by atoms with E-state index in [2.05, 4.69) is 158 Å². The Labute approximate surface area is 327 Å². The van der Waals surface area contributed by atoms with E-state index in [1.807, 2.05) is 0 Å². The van der Waals surface area contributed by atoms with Crippen LogP contribution in [0.25, 0.3) is 43.8 Å². The number of hydrogen-bond acceptors (Lipinski definition) is 1. The van der Waals surface area contributed by atoms with Crippen LogP contribution in [-0.2, 0) is 5.41 Å². The van der Waals surface area contributed by atoms with Crippen LogP contribution in [0.5, 0.6) is 0 Å². The molecule has 0 amide bonds. The van der Waals surface area contributed by atoms with Gasteiger partial charge in [0.25, 0.3) is 0 Å². The normalized spacial score (nSPS) is 21.2. The highest BCUT2D eigenvalue weighted by Gasteiger charge is 2.41. The molecule has 7 aromatic rings. The first-order valence-electron chi connectivity index (χ1n) is 21.2. The zero-order chi connectivity index (χ0) is 36.7. The second kappa shape index (κ2) is 13.0. The molecule has 0 heterocycles. The van der Waals surface area contributed by atoms with E-state index in [1.165, 1.54) is 135 Å². The van der Waals surface area contributed by atoms with Crippen LogP contribution in [0.2, 0.25) is 0 Å². The Hall–Kier alpha value is -5.14. The second-order valence-corrected chi connectivity index (χ2v) is 17.9. The third-order valence-electron chi connectivity index (χ3n) is 14.6. The van der Waals surface area contributed by atoms with Gasteiger partial charge in [-0.05, 0) is 147 Å². The molecular weight excluding hydrogens is 663 g/mol. The van der Waals surface area contributed by atoms with Crippen LogP contribution in [0.4, 0.5) is 17.1 Å². The van der Waals surface area contributed by atoms with Gasteiger partial charge >= 0.3 is 0 Å². The van der Waals surface area contributed by atoms with E-state index >= 15 is 0 Å². The van der Waals surface area contributed by atoms with Crippen molar-refractivity contribution < 1.29 is 0 Å². The number of rotatable bonds is 6. The van der Waals surface area contributed by atoms with Crippen LogP contribution in [0.15, 0.2) is 140 Å². The predicted octanol–water partition coefficient (Wildman–Crippen LogP) is 15.4. The molecule has 0 N–H and O–H groups in total. The maximum absolute atomic E-state index is 2.57. The summed E-state index contributed by atoms with van der Waals surface area (Å²) < 4.78 is 0. The molecule has 272 valence electrons. The van der Waals surface area contributed by atoms with Crippen molar-refractivity contribution in [3.05, 3.63) is 162 Å². The smallest absolute Gasteiger partial charge is 0.0540 e. The van der Waals surface area contributed by atoms with E-state index in [-0.39, 0.29) is 5.41 Å². The van der Waals surface area contributed by atoms with E-state index in [4.69, 9.17) is 0 Å². The lowest BCUT2D eigenvalue weighted by atomic mass is 9.81. The molecule has 4 aliphatic carbocycles. The SMILES string of the molecule is CC1(C)c2cc(N(c3ccc(C4CCCCC4)cc3)c3ccc(C4CC5CCC4C5)c4ccccc34)ccc2-c2c(-c3cccc4ccccc34)cccc21. The van der Waals surface area contributed by atoms with Crippen molar-refractivity contribution in [2.45, 2.75) is 88.9 Å². The lowest BCUT2D eigenvalue weighted by molar-refractivity contribution is 0.422. The fourth-order valence-corrected chi connectivity index (χ4v) is 11.8. The molecule has 3 unspecified atom stereocenters. The first-order chi connectivity index (χ1) is 27.0. The molecule has 0 saturated heterocycles. The van der Waals surface area contributed by atoms with Crippen molar-refractivity contribution in [2.24, 2.45) is 11.8 Å². The highest BCUT2D eigenvalue weighted by Crippen LogP contribution is 2.56. The van der Waals surface area contributed by atoms with Crippen molar-refractivity contribution in [3.8, 4) is 22.3 Å². The van der Waals surface area contributed by atoms with Crippen LogP contribution >= 0.6 is 0 Å². The minimum atomic E-state index is -0.147. The van der Waals surface area contributed by atoms with E-state index in [1.54, 1.807) is 5.56 Å². The Bertz CT molecular complexity index is 2580. The van der Waals surface area contributed by atoms with Gasteiger partial charge in [0.05, 0.1) is 5.69 Å². The minimum absolute atomic E-state index is 0.147. The molecule has 0 radical (unpaired) electrons. The summed E-state index contributed by atoms with van der Waals surface area (Å²) in [6.45, 7) is 4.86. The summed E-state index contributed by atoms with van der Waals surface area (Å²) in [5.41, 5.74) is 14.9. The molecular formula is C54H51N. The molecule has 0 aromatic heterocycles. The Kier molecular flexibility index (Phi) is 7.84. The summed E-state index contributed by atoms with van der Waals surface area (Å²) >= 11 is 0. The molecule has 0 spiro atoms. The van der Waals surface area contributed by atoms with Gasteiger partial charge in [-0.25, -0.2) is 0 Å². The fourth-order valence-electron chi connectivity index (χ4n) is 11.8. The summed E-state index contributed by atoms with van der Waals surface area (Å²) in [6.07, 6.45) is 12.4. The van der Waals surface area contributed by atoms with Gasteiger partial charge in [0, 0.05) is 22.2 Å². The third-order valence-corrected chi connectivity index (χ3v) is 14.6. The first-order valence-corrected chi connectivity index (χ1v) is 21.2. The number of anilines is 3. The molecule has 7 aromatic carbocycles. The average molecular weight is 714 g/mol. The number of fused-ring (bicyclic) bond motifs is 7. The molecule has 3 saturated carbocycles. The van der Waals surface area contributed by atoms with Crippen molar-refractivity contribution in [2.75, 3.05) is 4.90 Å². The quantitative estimate of drug-likeness (QED) is 0.166. The van der Waals surface area contributed by atoms with Gasteiger partial charge in [-0.1, -0.05) is 149 Å². The fraction of sp³-hybridized carbons (Fsp3) is 0.296. The lowest BCUT2D eigenvalue weighted by Gasteiger charge is -2.31. The maximum Gasteiger partial charge on any atom is 0.0540 e. The highest BCUT2D eigenvalue weighted by molar-refractivity contribution is 6.04. The van der Waals surface area contributed by atoms with Gasteiger partial charge < -0.3 is 4.90 Å². The van der Waals surface area contributed by atoms with Crippen LogP contribution in [-0.4, -0.2) is 0 Å². The van der Waals surface area contributed by atoms with E-state index in [0.29, 0.717) is 11.8 Å². The van der Waals surface area contributed by atoms with Crippen molar-refractivity contribution in [3.63, 3.8) is 0 Å². The minimum Gasteiger partial charge on any atom is -0.310 e. The van der Waals surface area contributed by atoms with Gasteiger partial charge in [0.2, 0.25) is 0 Å². The van der Waals surface area contributed by atoms with Gasteiger partial charge in [0.1, 0.15) is 0 Å². The topological polar surface area (TPSA) is 3.24 Å². The van der Waals surface area contributed by atoms with E-state index in [9.17, 15) is 0 Å². The average Bonchev–Trinajstić information content (AvgIpc) is 3.94. The largest absolute Gasteiger partial charge is 0.310 e. The van der Waals surface area contributed by atoms with E-state index < -0.39 is 0 Å². The molecule has 11 rings (SSSR count). The molecule has 3 fully saturated rings. The zero-order valence-electron chi connectivity index (χ0n) is 32.4. The highest BCUT2D eigenvalue weighted by atomic mass is 15.1. The van der Waals surface area contributed by atoms with Crippen molar-refractivity contribution in [1.82, 2.24) is 0 Å². The number of benzene rings is 7. The van der Waals surface area contributed by atoms with Crippen LogP contribution < -0.4 is 4.90 Å². The molecule has 1 heteroatoms. The zero-order valence-corrected chi connectivity index (χ0v) is 32.4. The molecule has 2 bridgehead atoms. The van der Waals surface area contributed by atoms with Crippen LogP contribution in [0, 0.1) is 11.8 Å². The first kappa shape index (κ1) is 33.2. The summed E-state index contributed by atoms with van der Waals surface area (Å²) in [6, 6.07) is 53.9. The molecule has 3 atom stereocenters. The second-order valence-electron chi connectivity index (χ2n) is 17.9. The summed E-state index contributed by atoms with van der Waals surface area (Å²) in [5.74, 6) is 3.15. The van der Waals surface area contributed by atoms with Crippen LogP contribution in [0.3, 0.4) is 0 Å². The van der Waals surface area contributed by atoms with Gasteiger partial charge in [-0.3, -0.25) is 0 Å². The summed E-state index contributed by atoms with van der Waals surface area (Å²) in [4.78, 5) is 2.57. The van der Waals surface area contributed by atoms with Crippen molar-refractivity contribution >= 4 is 38.6 Å². The predicted molar refractivity (Wildman–Crippen MR) is 233 cm³/mol. The molecule has 55 heavy (non-hydrogen) atoms. The molecule has 0 aliphatic heterocycles. The van der Waals surface area contributed by atoms with E-state index in [0.717, 1.165) is 11.8 Å². The Morgan fingerprint density at radius 1 is 0.527 bits per heavy atom. The maximum atomic E-state index is 2.57. The van der Waals surface area contributed by atoms with Gasteiger partial charge in [0.15, 0.2) is 0 Å².